The van der Waals surface area contributed by atoms with Crippen LogP contribution in [0.3, 0.4) is 0 Å². The fourth-order valence-electron chi connectivity index (χ4n) is 2.79. The van der Waals surface area contributed by atoms with Gasteiger partial charge in [0.05, 0.1) is 16.8 Å². The molecule has 0 bridgehead atoms. The first-order valence-corrected chi connectivity index (χ1v) is 7.84. The van der Waals surface area contributed by atoms with E-state index in [4.69, 9.17) is 11.6 Å². The van der Waals surface area contributed by atoms with E-state index in [-0.39, 0.29) is 5.91 Å². The minimum Gasteiger partial charge on any atom is -0.345 e. The largest absolute Gasteiger partial charge is 0.345 e. The van der Waals surface area contributed by atoms with Crippen molar-refractivity contribution in [1.29, 1.82) is 0 Å². The molecule has 0 spiro atoms. The van der Waals surface area contributed by atoms with E-state index in [0.29, 0.717) is 38.3 Å². The Hall–Kier alpha value is -2.46. The van der Waals surface area contributed by atoms with Gasteiger partial charge in [-0.2, -0.15) is 0 Å². The average molecular weight is 343 g/mol. The highest BCUT2D eigenvalue weighted by molar-refractivity contribution is 6.31. The number of hydrogen-bond acceptors (Lipinski definition) is 2. The zero-order valence-electron chi connectivity index (χ0n) is 13.6. The Labute approximate surface area is 144 Å². The Kier molecular flexibility index (Phi) is 4.24. The van der Waals surface area contributed by atoms with Gasteiger partial charge in [0.1, 0.15) is 5.82 Å². The lowest BCUT2D eigenvalue weighted by Gasteiger charge is -2.19. The Morgan fingerprint density at radius 3 is 2.54 bits per heavy atom. The molecular weight excluding hydrogens is 327 g/mol. The van der Waals surface area contributed by atoms with E-state index in [1.54, 1.807) is 57.4 Å². The molecule has 3 rings (SSSR count). The van der Waals surface area contributed by atoms with Gasteiger partial charge in [-0.05, 0) is 31.2 Å². The van der Waals surface area contributed by atoms with Crippen molar-refractivity contribution in [3.63, 3.8) is 0 Å². The second-order valence-electron chi connectivity index (χ2n) is 5.79. The van der Waals surface area contributed by atoms with Gasteiger partial charge < -0.3 is 4.90 Å². The highest BCUT2D eigenvalue weighted by Crippen LogP contribution is 2.36. The van der Waals surface area contributed by atoms with Crippen molar-refractivity contribution in [2.24, 2.45) is 0 Å². The van der Waals surface area contributed by atoms with Crippen molar-refractivity contribution < 1.29 is 9.18 Å². The first-order chi connectivity index (χ1) is 11.4. The van der Waals surface area contributed by atoms with Crippen LogP contribution in [0.5, 0.6) is 0 Å². The molecule has 0 aliphatic carbocycles. The number of hydrogen-bond donors (Lipinski definition) is 0. The number of aromatic nitrogens is 1. The summed E-state index contributed by atoms with van der Waals surface area (Å²) in [7, 11) is 3.32. The number of pyridine rings is 1. The van der Waals surface area contributed by atoms with Gasteiger partial charge in [0, 0.05) is 35.6 Å². The van der Waals surface area contributed by atoms with Crippen LogP contribution < -0.4 is 0 Å². The molecule has 3 aromatic rings. The highest BCUT2D eigenvalue weighted by Gasteiger charge is 2.23. The highest BCUT2D eigenvalue weighted by atomic mass is 35.5. The Balaban J connectivity index is 2.50. The van der Waals surface area contributed by atoms with Crippen LogP contribution in [0.15, 0.2) is 42.5 Å². The summed E-state index contributed by atoms with van der Waals surface area (Å²) < 4.78 is 14.5. The van der Waals surface area contributed by atoms with Crippen LogP contribution in [0.25, 0.3) is 22.0 Å². The average Bonchev–Trinajstić information content (AvgIpc) is 2.54. The van der Waals surface area contributed by atoms with Crippen molar-refractivity contribution in [1.82, 2.24) is 9.88 Å². The number of halogens is 2. The molecule has 0 radical (unpaired) electrons. The van der Waals surface area contributed by atoms with Crippen molar-refractivity contribution >= 4 is 28.4 Å². The van der Waals surface area contributed by atoms with E-state index < -0.39 is 5.82 Å². The van der Waals surface area contributed by atoms with E-state index >= 15 is 0 Å². The predicted octanol–water partition coefficient (Wildman–Crippen LogP) is 4.70. The molecule has 122 valence electrons. The van der Waals surface area contributed by atoms with E-state index in [1.165, 1.54) is 11.0 Å². The van der Waals surface area contributed by atoms with Gasteiger partial charge >= 0.3 is 0 Å². The molecule has 0 unspecified atom stereocenters. The molecule has 5 heteroatoms. The topological polar surface area (TPSA) is 33.2 Å². The van der Waals surface area contributed by atoms with E-state index in [2.05, 4.69) is 4.98 Å². The molecule has 1 heterocycles. The molecule has 24 heavy (non-hydrogen) atoms. The van der Waals surface area contributed by atoms with Gasteiger partial charge in [0.25, 0.3) is 5.91 Å². The summed E-state index contributed by atoms with van der Waals surface area (Å²) in [5.74, 6) is -0.614. The number of amides is 1. The first-order valence-electron chi connectivity index (χ1n) is 7.46. The molecule has 2 aromatic carbocycles. The monoisotopic (exact) mass is 342 g/mol. The Morgan fingerprint density at radius 2 is 1.88 bits per heavy atom. The molecule has 0 aliphatic rings. The number of aryl methyl sites for hydroxylation is 1. The maximum atomic E-state index is 14.5. The number of carbonyl (C=O) groups is 1. The van der Waals surface area contributed by atoms with Crippen LogP contribution in [0.4, 0.5) is 4.39 Å². The van der Waals surface area contributed by atoms with E-state index in [0.717, 1.165) is 0 Å². The zero-order chi connectivity index (χ0) is 17.4. The summed E-state index contributed by atoms with van der Waals surface area (Å²) in [5, 5.41) is 1.16. The fraction of sp³-hybridized carbons (Fsp3) is 0.158. The van der Waals surface area contributed by atoms with Gasteiger partial charge in [-0.1, -0.05) is 29.8 Å². The Morgan fingerprint density at radius 1 is 1.17 bits per heavy atom. The molecule has 0 aliphatic heterocycles. The molecule has 0 atom stereocenters. The van der Waals surface area contributed by atoms with Gasteiger partial charge in [0.15, 0.2) is 0 Å². The van der Waals surface area contributed by atoms with Gasteiger partial charge in [0.2, 0.25) is 0 Å². The third kappa shape index (κ3) is 2.74. The summed E-state index contributed by atoms with van der Waals surface area (Å²) in [4.78, 5) is 18.7. The Bertz CT molecular complexity index is 953. The summed E-state index contributed by atoms with van der Waals surface area (Å²) in [5.41, 5.74) is 2.50. The van der Waals surface area contributed by atoms with E-state index in [9.17, 15) is 9.18 Å². The third-order valence-electron chi connectivity index (χ3n) is 3.89. The molecule has 0 saturated heterocycles. The van der Waals surface area contributed by atoms with Crippen molar-refractivity contribution in [2.75, 3.05) is 14.1 Å². The van der Waals surface area contributed by atoms with E-state index in [1.807, 2.05) is 0 Å². The van der Waals surface area contributed by atoms with Crippen LogP contribution in [-0.4, -0.2) is 29.9 Å². The summed E-state index contributed by atoms with van der Waals surface area (Å²) >= 11 is 6.14. The number of fused-ring (bicyclic) bond motifs is 1. The predicted molar refractivity (Wildman–Crippen MR) is 94.9 cm³/mol. The molecule has 3 nitrogen and oxygen atoms in total. The number of carbonyl (C=O) groups excluding carboxylic acids is 1. The second-order valence-corrected chi connectivity index (χ2v) is 6.22. The maximum Gasteiger partial charge on any atom is 0.255 e. The van der Waals surface area contributed by atoms with Crippen molar-refractivity contribution in [3.8, 4) is 11.1 Å². The number of nitrogens with zero attached hydrogens (tertiary/aromatic N) is 2. The lowest BCUT2D eigenvalue weighted by molar-refractivity contribution is 0.0827. The SMILES string of the molecule is Cc1nc2ccc(Cl)cc2c(-c2ccccc2F)c1C(=O)N(C)C. The molecule has 0 fully saturated rings. The minimum atomic E-state index is -0.391. The van der Waals surface area contributed by atoms with Gasteiger partial charge in [-0.25, -0.2) is 4.39 Å². The molecule has 0 N–H and O–H groups in total. The van der Waals surface area contributed by atoms with Crippen LogP contribution >= 0.6 is 11.6 Å². The van der Waals surface area contributed by atoms with Crippen LogP contribution in [-0.2, 0) is 0 Å². The van der Waals surface area contributed by atoms with Crippen molar-refractivity contribution in [2.45, 2.75) is 6.92 Å². The van der Waals surface area contributed by atoms with Gasteiger partial charge in [-0.3, -0.25) is 9.78 Å². The fourth-order valence-corrected chi connectivity index (χ4v) is 2.96. The molecular formula is C19H16ClFN2O. The second kappa shape index (κ2) is 6.21. The summed E-state index contributed by atoms with van der Waals surface area (Å²) in [6.07, 6.45) is 0. The number of rotatable bonds is 2. The minimum absolute atomic E-state index is 0.222. The van der Waals surface area contributed by atoms with Crippen LogP contribution in [0, 0.1) is 12.7 Å². The summed E-state index contributed by atoms with van der Waals surface area (Å²) in [6, 6.07) is 11.6. The van der Waals surface area contributed by atoms with Gasteiger partial charge in [-0.15, -0.1) is 0 Å². The third-order valence-corrected chi connectivity index (χ3v) is 4.13. The molecule has 1 amide bonds. The van der Waals surface area contributed by atoms with Crippen molar-refractivity contribution in [3.05, 3.63) is 64.6 Å². The first kappa shape index (κ1) is 16.4. The zero-order valence-corrected chi connectivity index (χ0v) is 14.4. The summed E-state index contributed by atoms with van der Waals surface area (Å²) in [6.45, 7) is 1.76. The lowest BCUT2D eigenvalue weighted by atomic mass is 9.93. The van der Waals surface area contributed by atoms with Crippen LogP contribution in [0.2, 0.25) is 5.02 Å². The smallest absolute Gasteiger partial charge is 0.255 e. The molecule has 0 saturated carbocycles. The van der Waals surface area contributed by atoms with Crippen LogP contribution in [0.1, 0.15) is 16.1 Å². The lowest BCUT2D eigenvalue weighted by Crippen LogP contribution is -2.24. The quantitative estimate of drug-likeness (QED) is 0.676. The number of benzene rings is 2. The standard InChI is InChI=1S/C19H16ClFN2O/c1-11-17(19(24)23(2)3)18(13-6-4-5-7-15(13)21)14-10-12(20)8-9-16(14)22-11/h4-10H,1-3H3. The maximum absolute atomic E-state index is 14.5. The normalized spacial score (nSPS) is 10.9. The molecule has 1 aromatic heterocycles.